The first-order valence-corrected chi connectivity index (χ1v) is 13.0. The lowest BCUT2D eigenvalue weighted by atomic mass is 10.1. The summed E-state index contributed by atoms with van der Waals surface area (Å²) in [5.41, 5.74) is -0.0690. The first-order chi connectivity index (χ1) is 17.0. The lowest BCUT2D eigenvalue weighted by Crippen LogP contribution is -2.24. The molecule has 3 aromatic rings. The molecule has 188 valence electrons. The van der Waals surface area contributed by atoms with Crippen molar-refractivity contribution in [2.75, 3.05) is 10.6 Å². The third-order valence-corrected chi connectivity index (χ3v) is 8.23. The van der Waals surface area contributed by atoms with Gasteiger partial charge in [0, 0.05) is 21.3 Å². The minimum atomic E-state index is -1.49. The molecule has 3 rings (SSSR count). The van der Waals surface area contributed by atoms with Crippen LogP contribution in [-0.2, 0) is 4.79 Å². The van der Waals surface area contributed by atoms with E-state index in [1.807, 2.05) is 6.92 Å². The molecule has 0 saturated carbocycles. The first-order valence-electron chi connectivity index (χ1n) is 10.3. The van der Waals surface area contributed by atoms with Gasteiger partial charge in [0.1, 0.15) is 0 Å². The van der Waals surface area contributed by atoms with Gasteiger partial charge in [0.2, 0.25) is 5.91 Å². The van der Waals surface area contributed by atoms with Gasteiger partial charge >= 0.3 is 5.97 Å². The fourth-order valence-electron chi connectivity index (χ4n) is 3.16. The third-order valence-electron chi connectivity index (χ3n) is 4.83. The highest BCUT2D eigenvalue weighted by Crippen LogP contribution is 2.42. The van der Waals surface area contributed by atoms with Gasteiger partial charge in [-0.1, -0.05) is 77.1 Å². The highest BCUT2D eigenvalue weighted by molar-refractivity contribution is 8.00. The molecule has 0 spiro atoms. The van der Waals surface area contributed by atoms with E-state index in [1.165, 1.54) is 11.8 Å². The van der Waals surface area contributed by atoms with E-state index in [0.29, 0.717) is 27.7 Å². The Labute approximate surface area is 236 Å². The van der Waals surface area contributed by atoms with Crippen LogP contribution in [0.2, 0.25) is 25.1 Å². The zero-order valence-electron chi connectivity index (χ0n) is 18.4. The van der Waals surface area contributed by atoms with Crippen molar-refractivity contribution < 1.29 is 19.5 Å². The molecule has 0 saturated heterocycles. The van der Waals surface area contributed by atoms with Gasteiger partial charge in [0.25, 0.3) is 5.91 Å². The van der Waals surface area contributed by atoms with Gasteiger partial charge < -0.3 is 15.7 Å². The molecule has 0 radical (unpaired) electrons. The number of carbonyl (C=O) groups excluding carboxylic acids is 2. The van der Waals surface area contributed by atoms with E-state index in [4.69, 9.17) is 58.0 Å². The van der Waals surface area contributed by atoms with Crippen LogP contribution in [0.1, 0.15) is 34.1 Å². The number of amides is 2. The number of halogens is 5. The maximum atomic E-state index is 13.0. The van der Waals surface area contributed by atoms with Gasteiger partial charge in [-0.25, -0.2) is 4.79 Å². The van der Waals surface area contributed by atoms with Gasteiger partial charge in [0.05, 0.1) is 36.5 Å². The van der Waals surface area contributed by atoms with Crippen LogP contribution in [-0.4, -0.2) is 28.1 Å². The fourth-order valence-corrected chi connectivity index (χ4v) is 5.38. The van der Waals surface area contributed by atoms with Crippen LogP contribution in [0.25, 0.3) is 0 Å². The summed E-state index contributed by atoms with van der Waals surface area (Å²) in [4.78, 5) is 38.2. The van der Waals surface area contributed by atoms with E-state index < -0.39 is 33.3 Å². The van der Waals surface area contributed by atoms with Crippen LogP contribution < -0.4 is 10.6 Å². The van der Waals surface area contributed by atoms with Crippen LogP contribution in [0, 0.1) is 0 Å². The number of carboxylic acid groups (broad SMARTS) is 1. The fraction of sp³-hybridized carbons (Fsp3) is 0.125. The second kappa shape index (κ2) is 12.4. The Hall–Kier alpha value is -2.13. The van der Waals surface area contributed by atoms with Crippen molar-refractivity contribution in [3.63, 3.8) is 0 Å². The van der Waals surface area contributed by atoms with Crippen molar-refractivity contribution in [2.45, 2.75) is 23.5 Å². The average Bonchev–Trinajstić information content (AvgIpc) is 2.83. The Morgan fingerprint density at radius 3 is 2.00 bits per heavy atom. The number of hydrogen-bond acceptors (Lipinski definition) is 4. The SMILES string of the molecule is CCC(Sc1cccc(NC(=O)c2c(Cl)c(Cl)c(Cl)c(Cl)c2C(=O)O)c1)C(=O)Nc1cccc(Cl)c1. The molecule has 0 heterocycles. The Bertz CT molecular complexity index is 1350. The molecule has 0 aliphatic rings. The van der Waals surface area contributed by atoms with Crippen molar-refractivity contribution in [2.24, 2.45) is 0 Å². The van der Waals surface area contributed by atoms with E-state index >= 15 is 0 Å². The number of nitrogens with one attached hydrogen (secondary N) is 2. The molecule has 0 aliphatic carbocycles. The summed E-state index contributed by atoms with van der Waals surface area (Å²) in [7, 11) is 0. The largest absolute Gasteiger partial charge is 0.478 e. The van der Waals surface area contributed by atoms with Gasteiger partial charge in [0.15, 0.2) is 0 Å². The number of carboxylic acids is 1. The number of rotatable bonds is 8. The van der Waals surface area contributed by atoms with Crippen molar-refractivity contribution in [3.8, 4) is 0 Å². The topological polar surface area (TPSA) is 95.5 Å². The highest BCUT2D eigenvalue weighted by atomic mass is 35.5. The molecule has 36 heavy (non-hydrogen) atoms. The van der Waals surface area contributed by atoms with Crippen molar-refractivity contribution in [1.82, 2.24) is 0 Å². The van der Waals surface area contributed by atoms with Crippen molar-refractivity contribution in [1.29, 1.82) is 0 Å². The number of aromatic carboxylic acids is 1. The second-order valence-corrected chi connectivity index (χ2v) is 10.5. The number of carbonyl (C=O) groups is 3. The molecule has 0 aromatic heterocycles. The van der Waals surface area contributed by atoms with E-state index in [-0.39, 0.29) is 21.0 Å². The monoisotopic (exact) mass is 604 g/mol. The summed E-state index contributed by atoms with van der Waals surface area (Å²) in [5, 5.41) is 13.8. The zero-order valence-corrected chi connectivity index (χ0v) is 23.0. The Morgan fingerprint density at radius 1 is 0.833 bits per heavy atom. The molecule has 3 aromatic carbocycles. The predicted octanol–water partition coefficient (Wildman–Crippen LogP) is 8.41. The minimum absolute atomic E-state index is 0.206. The number of benzene rings is 3. The molecule has 2 amide bonds. The summed E-state index contributed by atoms with van der Waals surface area (Å²) < 4.78 is 0. The first kappa shape index (κ1) is 28.4. The molecule has 1 atom stereocenters. The second-order valence-electron chi connectivity index (χ2n) is 7.31. The predicted molar refractivity (Wildman–Crippen MR) is 148 cm³/mol. The van der Waals surface area contributed by atoms with Crippen LogP contribution in [0.5, 0.6) is 0 Å². The zero-order chi connectivity index (χ0) is 26.6. The van der Waals surface area contributed by atoms with Gasteiger partial charge in [-0.05, 0) is 42.8 Å². The van der Waals surface area contributed by atoms with Gasteiger partial charge in [-0.15, -0.1) is 11.8 Å². The maximum absolute atomic E-state index is 13.0. The maximum Gasteiger partial charge on any atom is 0.338 e. The minimum Gasteiger partial charge on any atom is -0.478 e. The van der Waals surface area contributed by atoms with E-state index in [1.54, 1.807) is 48.5 Å². The standard InChI is InChI=1S/C24H17Cl5N2O4S/c1-2-15(22(32)30-12-6-3-5-11(25)9-12)36-14-8-4-7-13(10-14)31-23(33)16-17(24(34)35)19(27)21(29)20(28)18(16)26/h3-10,15H,2H2,1H3,(H,30,32)(H,31,33)(H,34,35). The average molecular weight is 607 g/mol. The molecule has 12 heteroatoms. The van der Waals surface area contributed by atoms with E-state index in [9.17, 15) is 19.5 Å². The Kier molecular flexibility index (Phi) is 9.80. The smallest absolute Gasteiger partial charge is 0.338 e. The quantitative estimate of drug-likeness (QED) is 0.136. The third kappa shape index (κ3) is 6.59. The van der Waals surface area contributed by atoms with Crippen LogP contribution in [0.15, 0.2) is 53.4 Å². The van der Waals surface area contributed by atoms with E-state index in [0.717, 1.165) is 0 Å². The molecule has 3 N–H and O–H groups in total. The van der Waals surface area contributed by atoms with Gasteiger partial charge in [-0.2, -0.15) is 0 Å². The molecule has 1 unspecified atom stereocenters. The number of thioether (sulfide) groups is 1. The summed E-state index contributed by atoms with van der Waals surface area (Å²) in [6.45, 7) is 1.88. The molecule has 0 fully saturated rings. The van der Waals surface area contributed by atoms with E-state index in [2.05, 4.69) is 10.6 Å². The highest BCUT2D eigenvalue weighted by Gasteiger charge is 2.29. The van der Waals surface area contributed by atoms with Crippen molar-refractivity contribution in [3.05, 3.63) is 84.8 Å². The van der Waals surface area contributed by atoms with Crippen molar-refractivity contribution >= 4 is 98.9 Å². The molecular weight excluding hydrogens is 590 g/mol. The molecule has 0 aliphatic heterocycles. The number of anilines is 2. The summed E-state index contributed by atoms with van der Waals surface area (Å²) in [5.74, 6) is -2.54. The Morgan fingerprint density at radius 2 is 1.42 bits per heavy atom. The summed E-state index contributed by atoms with van der Waals surface area (Å²) >= 11 is 31.5. The Balaban J connectivity index is 1.81. The number of hydrogen-bond donors (Lipinski definition) is 3. The molecular formula is C24H17Cl5N2O4S. The normalized spacial score (nSPS) is 11.6. The summed E-state index contributed by atoms with van der Waals surface area (Å²) in [6, 6.07) is 13.5. The molecule has 6 nitrogen and oxygen atoms in total. The van der Waals surface area contributed by atoms with Crippen LogP contribution >= 0.6 is 69.8 Å². The van der Waals surface area contributed by atoms with Crippen LogP contribution in [0.3, 0.4) is 0 Å². The lowest BCUT2D eigenvalue weighted by Gasteiger charge is -2.16. The molecule has 0 bridgehead atoms. The van der Waals surface area contributed by atoms with Gasteiger partial charge in [-0.3, -0.25) is 9.59 Å². The summed E-state index contributed by atoms with van der Waals surface area (Å²) in [6.07, 6.45) is 0.535. The van der Waals surface area contributed by atoms with Crippen LogP contribution in [0.4, 0.5) is 11.4 Å². The lowest BCUT2D eigenvalue weighted by molar-refractivity contribution is -0.115.